The lowest BCUT2D eigenvalue weighted by molar-refractivity contribution is -0.123. The molecule has 0 unspecified atom stereocenters. The van der Waals surface area contributed by atoms with E-state index in [0.29, 0.717) is 18.1 Å². The highest BCUT2D eigenvalue weighted by atomic mass is 16.5. The van der Waals surface area contributed by atoms with Crippen LogP contribution in [0.25, 0.3) is 0 Å². The molecule has 170 valence electrons. The highest BCUT2D eigenvalue weighted by Crippen LogP contribution is 2.11. The number of aromatic amines is 1. The molecule has 0 saturated carbocycles. The van der Waals surface area contributed by atoms with E-state index in [1.807, 2.05) is 30.3 Å². The van der Waals surface area contributed by atoms with E-state index in [-0.39, 0.29) is 13.0 Å². The molecule has 3 aromatic rings. The van der Waals surface area contributed by atoms with Crippen molar-refractivity contribution in [3.8, 4) is 5.75 Å². The summed E-state index contributed by atoms with van der Waals surface area (Å²) in [6.45, 7) is 4.12. The minimum Gasteiger partial charge on any atom is -0.490 e. The Labute approximate surface area is 191 Å². The van der Waals surface area contributed by atoms with Crippen LogP contribution in [0.5, 0.6) is 5.75 Å². The summed E-state index contributed by atoms with van der Waals surface area (Å²) in [6, 6.07) is 15.5. The van der Waals surface area contributed by atoms with Gasteiger partial charge >= 0.3 is 6.09 Å². The van der Waals surface area contributed by atoms with Crippen LogP contribution in [0.2, 0.25) is 0 Å². The fraction of sp³-hybridized carbons (Fsp3) is 0.167. The fourth-order valence-electron chi connectivity index (χ4n) is 2.79. The van der Waals surface area contributed by atoms with Gasteiger partial charge in [-0.05, 0) is 35.4 Å². The molecule has 1 atom stereocenters. The van der Waals surface area contributed by atoms with Crippen molar-refractivity contribution in [2.75, 3.05) is 6.61 Å². The number of carbonyl (C=O) groups excluding carboxylic acids is 2. The molecule has 0 aliphatic rings. The van der Waals surface area contributed by atoms with Gasteiger partial charge in [-0.2, -0.15) is 5.10 Å². The highest BCUT2D eigenvalue weighted by Gasteiger charge is 2.22. The molecule has 1 heterocycles. The normalized spacial score (nSPS) is 11.5. The molecule has 2 aromatic carbocycles. The van der Waals surface area contributed by atoms with Crippen LogP contribution in [0.15, 0.2) is 84.9 Å². The van der Waals surface area contributed by atoms with Crippen LogP contribution < -0.4 is 15.5 Å². The van der Waals surface area contributed by atoms with Crippen molar-refractivity contribution in [1.82, 2.24) is 20.7 Å². The molecule has 9 heteroatoms. The van der Waals surface area contributed by atoms with Crippen molar-refractivity contribution in [1.29, 1.82) is 0 Å². The number of imidazole rings is 1. The maximum Gasteiger partial charge on any atom is 0.408 e. The van der Waals surface area contributed by atoms with Crippen molar-refractivity contribution >= 4 is 18.2 Å². The Morgan fingerprint density at radius 1 is 1.15 bits per heavy atom. The van der Waals surface area contributed by atoms with Gasteiger partial charge in [0.25, 0.3) is 5.91 Å². The molecule has 0 bridgehead atoms. The van der Waals surface area contributed by atoms with Gasteiger partial charge in [0.05, 0.1) is 12.5 Å². The lowest BCUT2D eigenvalue weighted by Gasteiger charge is -2.16. The molecular formula is C24H25N5O4. The highest BCUT2D eigenvalue weighted by molar-refractivity contribution is 5.87. The first-order chi connectivity index (χ1) is 16.1. The van der Waals surface area contributed by atoms with Gasteiger partial charge in [0, 0.05) is 18.3 Å². The van der Waals surface area contributed by atoms with Gasteiger partial charge < -0.3 is 19.8 Å². The Balaban J connectivity index is 1.56. The van der Waals surface area contributed by atoms with Gasteiger partial charge in [0.2, 0.25) is 0 Å². The zero-order chi connectivity index (χ0) is 23.3. The Bertz CT molecular complexity index is 1050. The van der Waals surface area contributed by atoms with Crippen molar-refractivity contribution in [3.05, 3.63) is 96.6 Å². The number of hydrogen-bond donors (Lipinski definition) is 3. The number of amides is 2. The maximum absolute atomic E-state index is 12.7. The van der Waals surface area contributed by atoms with Crippen LogP contribution in [0, 0.1) is 0 Å². The predicted molar refractivity (Wildman–Crippen MR) is 124 cm³/mol. The lowest BCUT2D eigenvalue weighted by atomic mass is 10.1. The first kappa shape index (κ1) is 23.3. The Morgan fingerprint density at radius 3 is 2.64 bits per heavy atom. The minimum atomic E-state index is -0.916. The van der Waals surface area contributed by atoms with Crippen LogP contribution in [-0.2, 0) is 22.6 Å². The molecule has 3 N–H and O–H groups in total. The smallest absolute Gasteiger partial charge is 0.408 e. The van der Waals surface area contributed by atoms with Crippen molar-refractivity contribution in [3.63, 3.8) is 0 Å². The second-order valence-electron chi connectivity index (χ2n) is 6.94. The number of hydrazone groups is 1. The summed E-state index contributed by atoms with van der Waals surface area (Å²) in [4.78, 5) is 31.8. The van der Waals surface area contributed by atoms with Gasteiger partial charge in [-0.1, -0.05) is 43.0 Å². The largest absolute Gasteiger partial charge is 0.490 e. The van der Waals surface area contributed by atoms with Crippen molar-refractivity contribution in [2.24, 2.45) is 5.10 Å². The number of hydrogen-bond acceptors (Lipinski definition) is 6. The Hall–Kier alpha value is -4.40. The monoisotopic (exact) mass is 447 g/mol. The van der Waals surface area contributed by atoms with E-state index in [1.165, 1.54) is 12.5 Å². The lowest BCUT2D eigenvalue weighted by Crippen LogP contribution is -2.47. The number of carbonyl (C=O) groups is 2. The molecule has 33 heavy (non-hydrogen) atoms. The van der Waals surface area contributed by atoms with E-state index in [9.17, 15) is 9.59 Å². The van der Waals surface area contributed by atoms with Crippen molar-refractivity contribution in [2.45, 2.75) is 19.1 Å². The third-order valence-corrected chi connectivity index (χ3v) is 4.44. The standard InChI is InChI=1S/C24H25N5O4/c1-2-12-32-21-10-8-18(9-11-21)14-27-29-23(30)22(13-20-15-25-17-26-20)28-24(31)33-16-19-6-4-3-5-7-19/h2-11,14-15,17,22H,1,12-13,16H2,(H,25,26)(H,28,31)(H,29,30)/b27-14-/t22-/m0/s1. The first-order valence-corrected chi connectivity index (χ1v) is 10.2. The number of benzene rings is 2. The Kier molecular flexibility index (Phi) is 8.78. The zero-order valence-electron chi connectivity index (χ0n) is 17.9. The first-order valence-electron chi connectivity index (χ1n) is 10.2. The number of H-pyrrole nitrogens is 1. The molecule has 0 aliphatic carbocycles. The summed E-state index contributed by atoms with van der Waals surface area (Å²) in [5, 5.41) is 6.57. The van der Waals surface area contributed by atoms with E-state index < -0.39 is 18.0 Å². The number of nitrogens with zero attached hydrogens (tertiary/aromatic N) is 2. The SMILES string of the molecule is C=CCOc1ccc(/C=N\NC(=O)[C@H](Cc2cnc[nH]2)NC(=O)OCc2ccccc2)cc1. The van der Waals surface area contributed by atoms with Crippen LogP contribution in [-0.4, -0.2) is 40.8 Å². The molecule has 2 amide bonds. The molecule has 0 saturated heterocycles. The predicted octanol–water partition coefficient (Wildman–Crippen LogP) is 2.96. The number of aromatic nitrogens is 2. The van der Waals surface area contributed by atoms with E-state index in [2.05, 4.69) is 32.4 Å². The van der Waals surface area contributed by atoms with Crippen LogP contribution in [0.3, 0.4) is 0 Å². The molecule has 1 aromatic heterocycles. The van der Waals surface area contributed by atoms with Gasteiger partial charge in [-0.3, -0.25) is 4.79 Å². The summed E-state index contributed by atoms with van der Waals surface area (Å²) in [5.74, 6) is 0.206. The minimum absolute atomic E-state index is 0.0930. The van der Waals surface area contributed by atoms with Gasteiger partial charge in [0.1, 0.15) is 25.0 Å². The van der Waals surface area contributed by atoms with Crippen molar-refractivity contribution < 1.29 is 19.1 Å². The molecule has 0 radical (unpaired) electrons. The third kappa shape index (κ3) is 7.98. The summed E-state index contributed by atoms with van der Waals surface area (Å²) >= 11 is 0. The maximum atomic E-state index is 12.7. The summed E-state index contributed by atoms with van der Waals surface area (Å²) < 4.78 is 10.7. The number of nitrogens with one attached hydrogen (secondary N) is 3. The molecule has 0 aliphatic heterocycles. The van der Waals surface area contributed by atoms with E-state index in [0.717, 1.165) is 11.1 Å². The second kappa shape index (κ2) is 12.5. The quantitative estimate of drug-likeness (QED) is 0.237. The van der Waals surface area contributed by atoms with Gasteiger partial charge in [0.15, 0.2) is 0 Å². The molecule has 3 rings (SSSR count). The third-order valence-electron chi connectivity index (χ3n) is 4.44. The summed E-state index contributed by atoms with van der Waals surface area (Å²) in [5.41, 5.74) is 4.74. The van der Waals surface area contributed by atoms with Gasteiger partial charge in [-0.25, -0.2) is 15.2 Å². The number of alkyl carbamates (subject to hydrolysis) is 1. The number of ether oxygens (including phenoxy) is 2. The molecular weight excluding hydrogens is 422 g/mol. The molecule has 0 spiro atoms. The topological polar surface area (TPSA) is 118 Å². The van der Waals surface area contributed by atoms with E-state index in [1.54, 1.807) is 36.5 Å². The van der Waals surface area contributed by atoms with Crippen LogP contribution in [0.1, 0.15) is 16.8 Å². The number of rotatable bonds is 11. The fourth-order valence-corrected chi connectivity index (χ4v) is 2.79. The summed E-state index contributed by atoms with van der Waals surface area (Å²) in [6.07, 6.45) is 5.72. The van der Waals surface area contributed by atoms with E-state index >= 15 is 0 Å². The van der Waals surface area contributed by atoms with Gasteiger partial charge in [-0.15, -0.1) is 0 Å². The van der Waals surface area contributed by atoms with Crippen LogP contribution >= 0.6 is 0 Å². The molecule has 0 fully saturated rings. The summed E-state index contributed by atoms with van der Waals surface area (Å²) in [7, 11) is 0. The average Bonchev–Trinajstić information content (AvgIpc) is 3.35. The second-order valence-corrected chi connectivity index (χ2v) is 6.94. The molecule has 9 nitrogen and oxygen atoms in total. The average molecular weight is 447 g/mol. The Morgan fingerprint density at radius 2 is 1.94 bits per heavy atom. The zero-order valence-corrected chi connectivity index (χ0v) is 17.9. The van der Waals surface area contributed by atoms with E-state index in [4.69, 9.17) is 9.47 Å². The van der Waals surface area contributed by atoms with Crippen LogP contribution in [0.4, 0.5) is 4.79 Å².